The number of ether oxygens (including phenoxy) is 2. The third-order valence-corrected chi connectivity index (χ3v) is 4.48. The van der Waals surface area contributed by atoms with Crippen LogP contribution < -0.4 is 4.74 Å². The van der Waals surface area contributed by atoms with Gasteiger partial charge in [-0.1, -0.05) is 12.1 Å². The molecule has 7 heteroatoms. The van der Waals surface area contributed by atoms with Gasteiger partial charge in [0.15, 0.2) is 6.61 Å². The molecule has 3 amide bonds. The van der Waals surface area contributed by atoms with Crippen molar-refractivity contribution in [2.24, 2.45) is 0 Å². The molecule has 2 heterocycles. The van der Waals surface area contributed by atoms with Crippen molar-refractivity contribution < 1.29 is 23.9 Å². The van der Waals surface area contributed by atoms with Crippen LogP contribution in [0.5, 0.6) is 5.75 Å². The van der Waals surface area contributed by atoms with Crippen molar-refractivity contribution in [2.45, 2.75) is 25.3 Å². The lowest BCUT2D eigenvalue weighted by molar-refractivity contribution is -0.132. The number of hydrogen-bond donors (Lipinski definition) is 0. The number of imide groups is 1. The molecule has 7 nitrogen and oxygen atoms in total. The number of benzene rings is 1. The van der Waals surface area contributed by atoms with Crippen LogP contribution in [0.4, 0.5) is 4.79 Å². The third-order valence-electron chi connectivity index (χ3n) is 4.48. The van der Waals surface area contributed by atoms with Gasteiger partial charge in [-0.2, -0.15) is 0 Å². The molecule has 2 aliphatic heterocycles. The van der Waals surface area contributed by atoms with E-state index < -0.39 is 6.09 Å². The van der Waals surface area contributed by atoms with Gasteiger partial charge in [0.25, 0.3) is 5.91 Å². The number of likely N-dealkylation sites (tertiary alicyclic amines) is 1. The number of amides is 3. The molecule has 0 saturated carbocycles. The van der Waals surface area contributed by atoms with E-state index in [1.54, 1.807) is 12.0 Å². The first-order valence-electron chi connectivity index (χ1n) is 7.98. The Bertz CT molecular complexity index is 619. The summed E-state index contributed by atoms with van der Waals surface area (Å²) in [6.07, 6.45) is 0.951. The minimum Gasteiger partial charge on any atom is -0.497 e. The summed E-state index contributed by atoms with van der Waals surface area (Å²) in [5.41, 5.74) is 0.932. The van der Waals surface area contributed by atoms with E-state index in [0.29, 0.717) is 32.4 Å². The Morgan fingerprint density at radius 1 is 1.21 bits per heavy atom. The first-order chi connectivity index (χ1) is 11.6. The molecule has 0 N–H and O–H groups in total. The van der Waals surface area contributed by atoms with Crippen molar-refractivity contribution >= 4 is 17.9 Å². The fourth-order valence-electron chi connectivity index (χ4n) is 3.12. The number of methoxy groups -OCH3 is 1. The Morgan fingerprint density at radius 3 is 2.42 bits per heavy atom. The molecule has 0 atom stereocenters. The van der Waals surface area contributed by atoms with E-state index in [2.05, 4.69) is 0 Å². The minimum atomic E-state index is -0.567. The molecule has 0 bridgehead atoms. The second-order valence-electron chi connectivity index (χ2n) is 5.96. The summed E-state index contributed by atoms with van der Waals surface area (Å²) in [7, 11) is 1.60. The Balaban J connectivity index is 1.53. The van der Waals surface area contributed by atoms with Gasteiger partial charge in [0.2, 0.25) is 5.91 Å². The lowest BCUT2D eigenvalue weighted by Gasteiger charge is -2.34. The Hall–Kier alpha value is -2.57. The highest BCUT2D eigenvalue weighted by molar-refractivity contribution is 5.98. The summed E-state index contributed by atoms with van der Waals surface area (Å²) in [6.45, 7) is 0.906. The number of rotatable bonds is 4. The van der Waals surface area contributed by atoms with Crippen molar-refractivity contribution in [1.82, 2.24) is 9.80 Å². The maximum absolute atomic E-state index is 12.4. The molecule has 3 rings (SSSR count). The Labute approximate surface area is 140 Å². The van der Waals surface area contributed by atoms with Gasteiger partial charge in [-0.25, -0.2) is 9.69 Å². The average Bonchev–Trinajstić information content (AvgIpc) is 2.94. The highest BCUT2D eigenvalue weighted by Crippen LogP contribution is 2.21. The molecule has 2 fully saturated rings. The molecule has 1 aromatic carbocycles. The summed E-state index contributed by atoms with van der Waals surface area (Å²) in [6, 6.07) is 7.25. The molecule has 2 aliphatic rings. The Morgan fingerprint density at radius 2 is 1.88 bits per heavy atom. The zero-order chi connectivity index (χ0) is 17.1. The fourth-order valence-corrected chi connectivity index (χ4v) is 3.12. The summed E-state index contributed by atoms with van der Waals surface area (Å²) in [4.78, 5) is 38.7. The number of cyclic esters (lactones) is 1. The molecular weight excluding hydrogens is 312 g/mol. The average molecular weight is 332 g/mol. The maximum Gasteiger partial charge on any atom is 0.417 e. The van der Waals surface area contributed by atoms with Gasteiger partial charge in [0.1, 0.15) is 5.75 Å². The molecule has 2 saturated heterocycles. The van der Waals surface area contributed by atoms with Crippen LogP contribution in [0.1, 0.15) is 18.4 Å². The Kier molecular flexibility index (Phi) is 4.69. The van der Waals surface area contributed by atoms with Crippen LogP contribution in [-0.2, 0) is 20.7 Å². The van der Waals surface area contributed by atoms with Gasteiger partial charge in [0.05, 0.1) is 13.5 Å². The number of nitrogens with zero attached hydrogens (tertiary/aromatic N) is 2. The second-order valence-corrected chi connectivity index (χ2v) is 5.96. The van der Waals surface area contributed by atoms with Crippen molar-refractivity contribution in [3.05, 3.63) is 29.8 Å². The van der Waals surface area contributed by atoms with Crippen LogP contribution >= 0.6 is 0 Å². The molecule has 0 aromatic heterocycles. The van der Waals surface area contributed by atoms with Crippen LogP contribution in [-0.4, -0.2) is 60.6 Å². The van der Waals surface area contributed by atoms with E-state index in [-0.39, 0.29) is 24.5 Å². The van der Waals surface area contributed by atoms with Crippen LogP contribution in [0.3, 0.4) is 0 Å². The topological polar surface area (TPSA) is 76.2 Å². The lowest BCUT2D eigenvalue weighted by Crippen LogP contribution is -2.48. The minimum absolute atomic E-state index is 0.0499. The fraction of sp³-hybridized carbons (Fsp3) is 0.471. The van der Waals surface area contributed by atoms with Gasteiger partial charge < -0.3 is 14.4 Å². The number of piperidine rings is 1. The van der Waals surface area contributed by atoms with Gasteiger partial charge in [-0.15, -0.1) is 0 Å². The maximum atomic E-state index is 12.4. The van der Waals surface area contributed by atoms with Crippen LogP contribution in [0.15, 0.2) is 24.3 Å². The van der Waals surface area contributed by atoms with E-state index in [1.165, 1.54) is 4.90 Å². The molecule has 24 heavy (non-hydrogen) atoms. The van der Waals surface area contributed by atoms with Gasteiger partial charge in [0, 0.05) is 19.1 Å². The molecule has 0 unspecified atom stereocenters. The van der Waals surface area contributed by atoms with E-state index in [1.807, 2.05) is 24.3 Å². The van der Waals surface area contributed by atoms with Gasteiger partial charge >= 0.3 is 6.09 Å². The zero-order valence-corrected chi connectivity index (χ0v) is 13.6. The van der Waals surface area contributed by atoms with Crippen molar-refractivity contribution in [1.29, 1.82) is 0 Å². The van der Waals surface area contributed by atoms with Crippen molar-refractivity contribution in [2.75, 3.05) is 26.8 Å². The highest BCUT2D eigenvalue weighted by atomic mass is 16.6. The molecule has 0 radical (unpaired) electrons. The largest absolute Gasteiger partial charge is 0.497 e. The summed E-state index contributed by atoms with van der Waals surface area (Å²) < 4.78 is 9.85. The highest BCUT2D eigenvalue weighted by Gasteiger charge is 2.38. The monoisotopic (exact) mass is 332 g/mol. The summed E-state index contributed by atoms with van der Waals surface area (Å²) >= 11 is 0. The quantitative estimate of drug-likeness (QED) is 0.828. The third kappa shape index (κ3) is 3.34. The number of carbonyl (C=O) groups is 3. The number of carbonyl (C=O) groups excluding carboxylic acids is 3. The van der Waals surface area contributed by atoms with E-state index in [9.17, 15) is 14.4 Å². The van der Waals surface area contributed by atoms with Crippen LogP contribution in [0, 0.1) is 0 Å². The predicted octanol–water partition coefficient (Wildman–Crippen LogP) is 1.21. The smallest absolute Gasteiger partial charge is 0.417 e. The van der Waals surface area contributed by atoms with Crippen molar-refractivity contribution in [3.63, 3.8) is 0 Å². The lowest BCUT2D eigenvalue weighted by atomic mass is 10.0. The SMILES string of the molecule is COc1ccc(CC(=O)N2CCC(N3C(=O)COC3=O)CC2)cc1. The predicted molar refractivity (Wildman–Crippen MR) is 84.5 cm³/mol. The standard InChI is InChI=1S/C17H20N2O5/c1-23-14-4-2-12(3-5-14)10-15(20)18-8-6-13(7-9-18)19-16(21)11-24-17(19)22/h2-5,13H,6-11H2,1H3. The zero-order valence-electron chi connectivity index (χ0n) is 13.6. The molecule has 1 aromatic rings. The first kappa shape index (κ1) is 16.3. The van der Waals surface area contributed by atoms with Gasteiger partial charge in [-0.05, 0) is 30.5 Å². The number of hydrogen-bond acceptors (Lipinski definition) is 5. The first-order valence-corrected chi connectivity index (χ1v) is 7.98. The summed E-state index contributed by atoms with van der Waals surface area (Å²) in [5.74, 6) is 0.520. The molecular formula is C17H20N2O5. The van der Waals surface area contributed by atoms with Crippen LogP contribution in [0.25, 0.3) is 0 Å². The van der Waals surface area contributed by atoms with Crippen molar-refractivity contribution in [3.8, 4) is 5.75 Å². The normalized spacial score (nSPS) is 18.7. The van der Waals surface area contributed by atoms with E-state index >= 15 is 0 Å². The van der Waals surface area contributed by atoms with E-state index in [4.69, 9.17) is 9.47 Å². The molecule has 128 valence electrons. The second kappa shape index (κ2) is 6.90. The van der Waals surface area contributed by atoms with Crippen LogP contribution in [0.2, 0.25) is 0 Å². The summed E-state index contributed by atoms with van der Waals surface area (Å²) in [5, 5.41) is 0. The molecule has 0 aliphatic carbocycles. The van der Waals surface area contributed by atoms with E-state index in [0.717, 1.165) is 11.3 Å². The molecule has 0 spiro atoms. The van der Waals surface area contributed by atoms with Gasteiger partial charge in [-0.3, -0.25) is 9.59 Å².